The lowest BCUT2D eigenvalue weighted by Gasteiger charge is -2.04. The number of nitrogens with zero attached hydrogens (tertiary/aromatic N) is 1. The minimum absolute atomic E-state index is 0.182. The third-order valence-corrected chi connectivity index (χ3v) is 3.87. The zero-order valence-corrected chi connectivity index (χ0v) is 13.3. The molecule has 104 valence electrons. The van der Waals surface area contributed by atoms with Gasteiger partial charge in [0.2, 0.25) is 0 Å². The lowest BCUT2D eigenvalue weighted by Crippen LogP contribution is -2.19. The fourth-order valence-electron chi connectivity index (χ4n) is 1.36. The van der Waals surface area contributed by atoms with Crippen molar-refractivity contribution in [2.75, 3.05) is 11.9 Å². The van der Waals surface area contributed by atoms with E-state index in [0.29, 0.717) is 5.69 Å². The van der Waals surface area contributed by atoms with Crippen molar-refractivity contribution < 1.29 is 9.63 Å². The average Bonchev–Trinajstić information content (AvgIpc) is 2.95. The van der Waals surface area contributed by atoms with Crippen molar-refractivity contribution in [2.45, 2.75) is 0 Å². The first-order chi connectivity index (χ1) is 9.65. The lowest BCUT2D eigenvalue weighted by atomic mass is 10.3. The van der Waals surface area contributed by atoms with Gasteiger partial charge in [0.15, 0.2) is 12.4 Å². The highest BCUT2D eigenvalue weighted by Crippen LogP contribution is 2.11. The Hall–Kier alpha value is -1.61. The van der Waals surface area contributed by atoms with E-state index in [-0.39, 0.29) is 18.3 Å². The highest BCUT2D eigenvalue weighted by atomic mass is 127. The molecule has 0 unspecified atom stereocenters. The molecule has 0 aliphatic carbocycles. The third kappa shape index (κ3) is 4.49. The lowest BCUT2D eigenvalue weighted by molar-refractivity contribution is -0.120. The summed E-state index contributed by atoms with van der Waals surface area (Å²) in [5, 5.41) is 8.30. The molecule has 0 fully saturated rings. The van der Waals surface area contributed by atoms with Gasteiger partial charge in [0.05, 0.1) is 4.88 Å². The van der Waals surface area contributed by atoms with Crippen LogP contribution >= 0.6 is 33.9 Å². The normalized spacial score (nSPS) is 11.2. The van der Waals surface area contributed by atoms with Crippen molar-refractivity contribution in [3.05, 3.63) is 50.2 Å². The van der Waals surface area contributed by atoms with Crippen molar-refractivity contribution in [1.82, 2.24) is 0 Å². The van der Waals surface area contributed by atoms with Gasteiger partial charge in [0, 0.05) is 9.26 Å². The molecule has 0 radical (unpaired) electrons. The molecule has 0 aliphatic heterocycles. The van der Waals surface area contributed by atoms with Gasteiger partial charge in [-0.2, -0.15) is 0 Å². The standard InChI is InChI=1S/C13H12IN3O2S/c14-9-3-5-10(6-4-9)16-12(18)8-19-17-13(15)11-2-1-7-20-11/h1-7H,8H2,(H2,15,17)(H,16,18). The molecular weight excluding hydrogens is 389 g/mol. The summed E-state index contributed by atoms with van der Waals surface area (Å²) in [5.74, 6) is -0.0176. The molecule has 1 aromatic heterocycles. The Balaban J connectivity index is 1.81. The van der Waals surface area contributed by atoms with E-state index in [1.54, 1.807) is 0 Å². The number of halogens is 1. The number of rotatable bonds is 5. The molecule has 0 saturated heterocycles. The van der Waals surface area contributed by atoms with E-state index in [1.165, 1.54) is 11.3 Å². The minimum Gasteiger partial charge on any atom is -0.384 e. The molecule has 0 spiro atoms. The Labute approximate surface area is 133 Å². The van der Waals surface area contributed by atoms with Gasteiger partial charge in [-0.05, 0) is 58.3 Å². The van der Waals surface area contributed by atoms with Crippen LogP contribution in [-0.2, 0) is 9.63 Å². The Bertz CT molecular complexity index is 597. The zero-order chi connectivity index (χ0) is 14.4. The van der Waals surface area contributed by atoms with E-state index < -0.39 is 0 Å². The maximum absolute atomic E-state index is 11.6. The second-order valence-electron chi connectivity index (χ2n) is 3.78. The van der Waals surface area contributed by atoms with Crippen LogP contribution < -0.4 is 11.1 Å². The summed E-state index contributed by atoms with van der Waals surface area (Å²) in [6.45, 7) is -0.182. The van der Waals surface area contributed by atoms with Crippen molar-refractivity contribution in [2.24, 2.45) is 10.9 Å². The van der Waals surface area contributed by atoms with E-state index in [2.05, 4.69) is 33.1 Å². The SMILES string of the molecule is N/C(=N\OCC(=O)Nc1ccc(I)cc1)c1cccs1. The summed E-state index contributed by atoms with van der Waals surface area (Å²) >= 11 is 3.65. The number of amides is 1. The highest BCUT2D eigenvalue weighted by molar-refractivity contribution is 14.1. The number of nitrogens with two attached hydrogens (primary N) is 1. The minimum atomic E-state index is -0.283. The Kier molecular flexibility index (Phi) is 5.36. The van der Waals surface area contributed by atoms with E-state index in [1.807, 2.05) is 41.8 Å². The van der Waals surface area contributed by atoms with E-state index in [0.717, 1.165) is 8.45 Å². The topological polar surface area (TPSA) is 76.7 Å². The number of amidine groups is 1. The molecule has 20 heavy (non-hydrogen) atoms. The van der Waals surface area contributed by atoms with Crippen LogP contribution in [0, 0.1) is 3.57 Å². The number of hydrogen-bond donors (Lipinski definition) is 2. The van der Waals surface area contributed by atoms with Gasteiger partial charge in [-0.3, -0.25) is 4.79 Å². The molecule has 3 N–H and O–H groups in total. The summed E-state index contributed by atoms with van der Waals surface area (Å²) in [7, 11) is 0. The van der Waals surface area contributed by atoms with E-state index in [4.69, 9.17) is 10.6 Å². The van der Waals surface area contributed by atoms with Gasteiger partial charge in [0.1, 0.15) is 0 Å². The molecule has 2 rings (SSSR count). The number of hydrogen-bond acceptors (Lipinski definition) is 4. The molecule has 5 nitrogen and oxygen atoms in total. The summed E-state index contributed by atoms with van der Waals surface area (Å²) in [4.78, 5) is 17.4. The quantitative estimate of drug-likeness (QED) is 0.350. The molecule has 0 atom stereocenters. The van der Waals surface area contributed by atoms with Crippen LogP contribution in [-0.4, -0.2) is 18.3 Å². The third-order valence-electron chi connectivity index (χ3n) is 2.26. The average molecular weight is 401 g/mol. The molecular formula is C13H12IN3O2S. The number of oxime groups is 1. The van der Waals surface area contributed by atoms with Gasteiger partial charge >= 0.3 is 0 Å². The van der Waals surface area contributed by atoms with Crippen molar-refractivity contribution in [3.8, 4) is 0 Å². The van der Waals surface area contributed by atoms with Crippen molar-refractivity contribution >= 4 is 51.4 Å². The van der Waals surface area contributed by atoms with Gasteiger partial charge in [0.25, 0.3) is 5.91 Å². The van der Waals surface area contributed by atoms with Crippen LogP contribution in [0.5, 0.6) is 0 Å². The smallest absolute Gasteiger partial charge is 0.265 e. The number of anilines is 1. The zero-order valence-electron chi connectivity index (χ0n) is 10.4. The van der Waals surface area contributed by atoms with Gasteiger partial charge in [-0.15, -0.1) is 11.3 Å². The molecule has 0 aliphatic rings. The number of carbonyl (C=O) groups excluding carboxylic acids is 1. The van der Waals surface area contributed by atoms with E-state index in [9.17, 15) is 4.79 Å². The van der Waals surface area contributed by atoms with Gasteiger partial charge < -0.3 is 15.9 Å². The molecule has 1 heterocycles. The number of benzene rings is 1. The number of carbonyl (C=O) groups is 1. The molecule has 1 aromatic carbocycles. The Morgan fingerprint density at radius 3 is 2.75 bits per heavy atom. The van der Waals surface area contributed by atoms with Crippen LogP contribution in [0.1, 0.15) is 4.88 Å². The Morgan fingerprint density at radius 1 is 1.35 bits per heavy atom. The summed E-state index contributed by atoms with van der Waals surface area (Å²) in [6, 6.07) is 11.2. The van der Waals surface area contributed by atoms with Crippen LogP contribution in [0.3, 0.4) is 0 Å². The summed E-state index contributed by atoms with van der Waals surface area (Å²) < 4.78 is 1.10. The van der Waals surface area contributed by atoms with Crippen LogP contribution in [0.25, 0.3) is 0 Å². The van der Waals surface area contributed by atoms with E-state index >= 15 is 0 Å². The van der Waals surface area contributed by atoms with Crippen molar-refractivity contribution in [1.29, 1.82) is 0 Å². The first-order valence-corrected chi connectivity index (χ1v) is 7.66. The monoisotopic (exact) mass is 401 g/mol. The number of nitrogens with one attached hydrogen (secondary N) is 1. The fraction of sp³-hybridized carbons (Fsp3) is 0.0769. The fourth-order valence-corrected chi connectivity index (χ4v) is 2.34. The summed E-state index contributed by atoms with van der Waals surface area (Å²) in [5.41, 5.74) is 6.41. The maximum atomic E-state index is 11.6. The molecule has 0 saturated carbocycles. The second kappa shape index (κ2) is 7.25. The number of thiophene rings is 1. The molecule has 7 heteroatoms. The highest BCUT2D eigenvalue weighted by Gasteiger charge is 2.04. The first kappa shape index (κ1) is 14.8. The second-order valence-corrected chi connectivity index (χ2v) is 5.98. The van der Waals surface area contributed by atoms with Crippen LogP contribution in [0.2, 0.25) is 0 Å². The van der Waals surface area contributed by atoms with Gasteiger partial charge in [-0.1, -0.05) is 11.2 Å². The van der Waals surface area contributed by atoms with Crippen LogP contribution in [0.4, 0.5) is 5.69 Å². The molecule has 0 bridgehead atoms. The first-order valence-electron chi connectivity index (χ1n) is 5.70. The maximum Gasteiger partial charge on any atom is 0.265 e. The molecule has 1 amide bonds. The predicted molar refractivity (Wildman–Crippen MR) is 88.8 cm³/mol. The van der Waals surface area contributed by atoms with Crippen LogP contribution in [0.15, 0.2) is 46.9 Å². The largest absolute Gasteiger partial charge is 0.384 e. The van der Waals surface area contributed by atoms with Crippen molar-refractivity contribution in [3.63, 3.8) is 0 Å². The summed E-state index contributed by atoms with van der Waals surface area (Å²) in [6.07, 6.45) is 0. The van der Waals surface area contributed by atoms with Gasteiger partial charge in [-0.25, -0.2) is 0 Å². The predicted octanol–water partition coefficient (Wildman–Crippen LogP) is 2.63. The molecule has 2 aromatic rings. The Morgan fingerprint density at radius 2 is 2.10 bits per heavy atom.